The van der Waals surface area contributed by atoms with Crippen LogP contribution in [0.1, 0.15) is 15.9 Å². The van der Waals surface area contributed by atoms with E-state index in [-0.39, 0.29) is 44.4 Å². The maximum Gasteiger partial charge on any atom is 0.254 e. The molecule has 0 aliphatic rings. The number of aryl methyl sites for hydroxylation is 1. The van der Waals surface area contributed by atoms with Crippen LogP contribution < -0.4 is 4.72 Å². The molecule has 0 bridgehead atoms. The van der Waals surface area contributed by atoms with Crippen molar-refractivity contribution in [1.29, 1.82) is 0 Å². The van der Waals surface area contributed by atoms with Gasteiger partial charge in [-0.3, -0.25) is 9.52 Å². The van der Waals surface area contributed by atoms with E-state index < -0.39 is 10.0 Å². The monoisotopic (exact) mass is 460 g/mol. The molecule has 2 rings (SSSR count). The molecule has 1 amide bonds. The van der Waals surface area contributed by atoms with Crippen LogP contribution in [0.2, 0.25) is 10.0 Å². The number of anilines is 1. The highest BCUT2D eigenvalue weighted by molar-refractivity contribution is 7.92. The third-order valence-corrected chi connectivity index (χ3v) is 6.25. The first-order valence-corrected chi connectivity index (χ1v) is 11.2. The molecule has 2 aromatic rings. The van der Waals surface area contributed by atoms with E-state index in [9.17, 15) is 13.2 Å². The molecule has 0 radical (unpaired) electrons. The van der Waals surface area contributed by atoms with Gasteiger partial charge in [-0.15, -0.1) is 0 Å². The summed E-state index contributed by atoms with van der Waals surface area (Å²) >= 11 is 12.0. The van der Waals surface area contributed by atoms with Crippen molar-refractivity contribution in [2.45, 2.75) is 6.42 Å². The molecule has 2 aromatic carbocycles. The van der Waals surface area contributed by atoms with E-state index >= 15 is 0 Å². The van der Waals surface area contributed by atoms with Crippen LogP contribution in [-0.2, 0) is 16.4 Å². The second kappa shape index (κ2) is 10.8. The highest BCUT2D eigenvalue weighted by Crippen LogP contribution is 2.26. The average Bonchev–Trinajstić information content (AvgIpc) is 2.69. The summed E-state index contributed by atoms with van der Waals surface area (Å²) in [7, 11) is -3.64. The molecule has 29 heavy (non-hydrogen) atoms. The molecule has 0 saturated heterocycles. The minimum absolute atomic E-state index is 0.0971. The fourth-order valence-corrected chi connectivity index (χ4v) is 4.14. The van der Waals surface area contributed by atoms with Crippen molar-refractivity contribution >= 4 is 44.8 Å². The Balaban J connectivity index is 2.02. The van der Waals surface area contributed by atoms with Gasteiger partial charge in [0.2, 0.25) is 10.0 Å². The maximum absolute atomic E-state index is 12.4. The number of hydrogen-bond acceptors (Lipinski definition) is 5. The Labute approximate surface area is 179 Å². The van der Waals surface area contributed by atoms with Gasteiger partial charge in [-0.25, -0.2) is 8.42 Å². The Bertz CT molecular complexity index is 930. The second-order valence-electron chi connectivity index (χ2n) is 6.20. The number of aliphatic hydroxyl groups excluding tert-OH is 2. The van der Waals surface area contributed by atoms with Crippen LogP contribution in [0.25, 0.3) is 0 Å². The molecule has 158 valence electrons. The van der Waals surface area contributed by atoms with E-state index in [1.165, 1.54) is 29.2 Å². The summed E-state index contributed by atoms with van der Waals surface area (Å²) in [6.45, 7) is -0.250. The first-order valence-electron chi connectivity index (χ1n) is 8.82. The molecule has 0 unspecified atom stereocenters. The lowest BCUT2D eigenvalue weighted by Gasteiger charge is -2.20. The van der Waals surface area contributed by atoms with Gasteiger partial charge in [-0.1, -0.05) is 35.3 Å². The summed E-state index contributed by atoms with van der Waals surface area (Å²) < 4.78 is 27.2. The number of aliphatic hydroxyl groups is 2. The van der Waals surface area contributed by atoms with Crippen LogP contribution >= 0.6 is 23.2 Å². The largest absolute Gasteiger partial charge is 0.395 e. The molecule has 7 nitrogen and oxygen atoms in total. The summed E-state index contributed by atoms with van der Waals surface area (Å²) in [6, 6.07) is 11.0. The van der Waals surface area contributed by atoms with Crippen molar-refractivity contribution in [3.8, 4) is 0 Å². The summed E-state index contributed by atoms with van der Waals surface area (Å²) in [5, 5.41) is 18.8. The van der Waals surface area contributed by atoms with Gasteiger partial charge in [0, 0.05) is 24.3 Å². The van der Waals surface area contributed by atoms with E-state index in [1.807, 2.05) is 0 Å². The van der Waals surface area contributed by atoms with E-state index in [1.54, 1.807) is 18.2 Å². The summed E-state index contributed by atoms with van der Waals surface area (Å²) in [5.74, 6) is -0.549. The first-order chi connectivity index (χ1) is 13.8. The minimum Gasteiger partial charge on any atom is -0.395 e. The number of amides is 1. The highest BCUT2D eigenvalue weighted by Gasteiger charge is 2.16. The fourth-order valence-electron chi connectivity index (χ4n) is 2.64. The highest BCUT2D eigenvalue weighted by atomic mass is 35.5. The predicted octanol–water partition coefficient (Wildman–Crippen LogP) is 2.40. The number of nitrogens with one attached hydrogen (secondary N) is 1. The fraction of sp³-hybridized carbons (Fsp3) is 0.316. The molecule has 0 aromatic heterocycles. The van der Waals surface area contributed by atoms with Gasteiger partial charge in [0.05, 0.1) is 29.0 Å². The van der Waals surface area contributed by atoms with Crippen molar-refractivity contribution in [3.05, 3.63) is 63.6 Å². The van der Waals surface area contributed by atoms with Crippen LogP contribution in [-0.4, -0.2) is 61.5 Å². The smallest absolute Gasteiger partial charge is 0.254 e. The Morgan fingerprint density at radius 2 is 1.62 bits per heavy atom. The van der Waals surface area contributed by atoms with Crippen molar-refractivity contribution in [1.82, 2.24) is 4.90 Å². The number of rotatable bonds is 10. The minimum atomic E-state index is -3.64. The average molecular weight is 461 g/mol. The SMILES string of the molecule is O=C(c1ccc(NS(=O)(=O)CCc2cccc(Cl)c2Cl)cc1)N(CCO)CCO. The van der Waals surface area contributed by atoms with Crippen molar-refractivity contribution in [2.24, 2.45) is 0 Å². The molecule has 0 spiro atoms. The van der Waals surface area contributed by atoms with E-state index in [4.69, 9.17) is 33.4 Å². The number of benzene rings is 2. The molecular formula is C19H22Cl2N2O5S. The maximum atomic E-state index is 12.4. The molecule has 0 heterocycles. The zero-order valence-corrected chi connectivity index (χ0v) is 17.8. The molecule has 0 aliphatic carbocycles. The normalized spacial score (nSPS) is 11.3. The molecular weight excluding hydrogens is 439 g/mol. The molecule has 0 atom stereocenters. The van der Waals surface area contributed by atoms with E-state index in [0.717, 1.165) is 0 Å². The lowest BCUT2D eigenvalue weighted by atomic mass is 10.2. The van der Waals surface area contributed by atoms with Gasteiger partial charge in [0.25, 0.3) is 5.91 Å². The van der Waals surface area contributed by atoms with Crippen molar-refractivity contribution < 1.29 is 23.4 Å². The lowest BCUT2D eigenvalue weighted by Crippen LogP contribution is -2.35. The Morgan fingerprint density at radius 3 is 2.21 bits per heavy atom. The third kappa shape index (κ3) is 6.87. The first kappa shape index (κ1) is 23.4. The van der Waals surface area contributed by atoms with Crippen molar-refractivity contribution in [3.63, 3.8) is 0 Å². The van der Waals surface area contributed by atoms with Crippen LogP contribution in [0, 0.1) is 0 Å². The second-order valence-corrected chi connectivity index (χ2v) is 8.83. The number of nitrogens with zero attached hydrogens (tertiary/aromatic N) is 1. The summed E-state index contributed by atoms with van der Waals surface area (Å²) in [6.07, 6.45) is 0.197. The molecule has 3 N–H and O–H groups in total. The van der Waals surface area contributed by atoms with Crippen LogP contribution in [0.3, 0.4) is 0 Å². The van der Waals surface area contributed by atoms with Gasteiger partial charge >= 0.3 is 0 Å². The number of carbonyl (C=O) groups is 1. The van der Waals surface area contributed by atoms with Crippen LogP contribution in [0.15, 0.2) is 42.5 Å². The van der Waals surface area contributed by atoms with Crippen molar-refractivity contribution in [2.75, 3.05) is 36.8 Å². The van der Waals surface area contributed by atoms with E-state index in [2.05, 4.69) is 4.72 Å². The summed E-state index contributed by atoms with van der Waals surface area (Å²) in [4.78, 5) is 13.7. The number of sulfonamides is 1. The predicted molar refractivity (Wildman–Crippen MR) is 114 cm³/mol. The lowest BCUT2D eigenvalue weighted by molar-refractivity contribution is 0.0685. The Hall–Kier alpha value is -1.84. The molecule has 10 heteroatoms. The zero-order chi connectivity index (χ0) is 21.4. The quantitative estimate of drug-likeness (QED) is 0.504. The standard InChI is InChI=1S/C19H22Cl2N2O5S/c20-17-3-1-2-14(18(17)21)8-13-29(27,28)22-16-6-4-15(5-7-16)19(26)23(9-11-24)10-12-25/h1-7,22,24-25H,8-13H2. The number of hydrogen-bond donors (Lipinski definition) is 3. The molecule has 0 saturated carbocycles. The van der Waals surface area contributed by atoms with Gasteiger partial charge in [0.1, 0.15) is 0 Å². The Kier molecular flexibility index (Phi) is 8.73. The van der Waals surface area contributed by atoms with Gasteiger partial charge in [-0.2, -0.15) is 0 Å². The van der Waals surface area contributed by atoms with Crippen LogP contribution in [0.4, 0.5) is 5.69 Å². The van der Waals surface area contributed by atoms with Crippen LogP contribution in [0.5, 0.6) is 0 Å². The van der Waals surface area contributed by atoms with Gasteiger partial charge in [-0.05, 0) is 42.3 Å². The summed E-state index contributed by atoms with van der Waals surface area (Å²) in [5.41, 5.74) is 1.27. The topological polar surface area (TPSA) is 107 Å². The molecule has 0 aliphatic heterocycles. The van der Waals surface area contributed by atoms with Gasteiger partial charge < -0.3 is 15.1 Å². The Morgan fingerprint density at radius 1 is 1.00 bits per heavy atom. The number of halogens is 2. The third-order valence-electron chi connectivity index (χ3n) is 4.10. The van der Waals surface area contributed by atoms with Gasteiger partial charge in [0.15, 0.2) is 0 Å². The number of carbonyl (C=O) groups excluding carboxylic acids is 1. The van der Waals surface area contributed by atoms with E-state index in [0.29, 0.717) is 26.9 Å². The zero-order valence-electron chi connectivity index (χ0n) is 15.5. The molecule has 0 fully saturated rings.